The van der Waals surface area contributed by atoms with Gasteiger partial charge in [-0.3, -0.25) is 0 Å². The van der Waals surface area contributed by atoms with Crippen molar-refractivity contribution in [1.29, 1.82) is 5.26 Å². The van der Waals surface area contributed by atoms with E-state index in [0.29, 0.717) is 0 Å². The Morgan fingerprint density at radius 1 is 1.82 bits per heavy atom. The van der Waals surface area contributed by atoms with Gasteiger partial charge in [0.05, 0.1) is 6.20 Å². The lowest BCUT2D eigenvalue weighted by Gasteiger charge is -1.97. The number of hydrogen-bond donors (Lipinski definition) is 2. The maximum Gasteiger partial charge on any atom is 0.193 e. The molecule has 1 aromatic heterocycles. The van der Waals surface area contributed by atoms with E-state index in [9.17, 15) is 0 Å². The van der Waals surface area contributed by atoms with Gasteiger partial charge in [0.25, 0.3) is 0 Å². The second-order valence-corrected chi connectivity index (χ2v) is 2.22. The Hall–Kier alpha value is -1.61. The number of hydrogen-bond acceptors (Lipinski definition) is 4. The zero-order chi connectivity index (χ0) is 8.43. The van der Waals surface area contributed by atoms with Crippen LogP contribution in [0.25, 0.3) is 0 Å². The van der Waals surface area contributed by atoms with Crippen molar-refractivity contribution < 1.29 is 0 Å². The van der Waals surface area contributed by atoms with E-state index < -0.39 is 0 Å². The van der Waals surface area contributed by atoms with Gasteiger partial charge in [-0.2, -0.15) is 15.0 Å². The molecule has 0 unspecified atom stereocenters. The molecular formula is C5H5N5S. The van der Waals surface area contributed by atoms with E-state index in [1.807, 2.05) is 6.07 Å². The van der Waals surface area contributed by atoms with Crippen LogP contribution in [0.4, 0.5) is 5.82 Å². The van der Waals surface area contributed by atoms with Crippen molar-refractivity contribution in [2.45, 2.75) is 0 Å². The van der Waals surface area contributed by atoms with E-state index >= 15 is 0 Å². The van der Waals surface area contributed by atoms with E-state index in [1.54, 1.807) is 0 Å². The van der Waals surface area contributed by atoms with Crippen molar-refractivity contribution in [1.82, 2.24) is 9.78 Å². The molecule has 0 aromatic carbocycles. The van der Waals surface area contributed by atoms with Crippen LogP contribution in [0, 0.1) is 11.3 Å². The molecule has 0 aliphatic carbocycles. The molecule has 0 atom stereocenters. The quantitative estimate of drug-likeness (QED) is 0.504. The van der Waals surface area contributed by atoms with Gasteiger partial charge in [0.1, 0.15) is 17.5 Å². The second-order valence-electron chi connectivity index (χ2n) is 1.81. The van der Waals surface area contributed by atoms with Gasteiger partial charge < -0.3 is 11.5 Å². The van der Waals surface area contributed by atoms with Crippen molar-refractivity contribution in [3.05, 3.63) is 11.8 Å². The summed E-state index contributed by atoms with van der Waals surface area (Å²) in [5.74, 6) is 0.181. The molecule has 0 amide bonds. The molecule has 11 heavy (non-hydrogen) atoms. The summed E-state index contributed by atoms with van der Waals surface area (Å²) in [4.78, 5) is 0. The maximum absolute atomic E-state index is 8.45. The molecule has 0 fully saturated rings. The smallest absolute Gasteiger partial charge is 0.193 e. The Kier molecular flexibility index (Phi) is 1.74. The topological polar surface area (TPSA) is 93.6 Å². The van der Waals surface area contributed by atoms with Crippen LogP contribution in [0.5, 0.6) is 0 Å². The molecule has 0 spiro atoms. The minimum Gasteiger partial charge on any atom is -0.382 e. The summed E-state index contributed by atoms with van der Waals surface area (Å²) in [5.41, 5.74) is 10.9. The van der Waals surface area contributed by atoms with E-state index in [0.717, 1.165) is 4.68 Å². The van der Waals surface area contributed by atoms with Gasteiger partial charge >= 0.3 is 0 Å². The minimum absolute atomic E-state index is 0.0315. The number of nitriles is 1. The molecule has 0 radical (unpaired) electrons. The first-order valence-electron chi connectivity index (χ1n) is 2.70. The third-order valence-electron chi connectivity index (χ3n) is 1.14. The fourth-order valence-electron chi connectivity index (χ4n) is 0.620. The molecular weight excluding hydrogens is 162 g/mol. The average Bonchev–Trinajstić information content (AvgIpc) is 2.30. The standard InChI is InChI=1S/C5H5N5S/c6-1-3-2-9-10(4(3)7)5(8)11/h2H,7H2,(H2,8,11). The van der Waals surface area contributed by atoms with Gasteiger partial charge in [-0.15, -0.1) is 0 Å². The van der Waals surface area contributed by atoms with Crippen LogP contribution in [-0.4, -0.2) is 14.9 Å². The Bertz CT molecular complexity index is 333. The summed E-state index contributed by atoms with van der Waals surface area (Å²) in [6.45, 7) is 0. The maximum atomic E-state index is 8.45. The van der Waals surface area contributed by atoms with Gasteiger partial charge in [0.15, 0.2) is 5.11 Å². The van der Waals surface area contributed by atoms with Crippen LogP contribution in [0.3, 0.4) is 0 Å². The van der Waals surface area contributed by atoms with Gasteiger partial charge in [0.2, 0.25) is 0 Å². The highest BCUT2D eigenvalue weighted by Crippen LogP contribution is 2.07. The van der Waals surface area contributed by atoms with Crippen molar-refractivity contribution in [3.8, 4) is 6.07 Å². The summed E-state index contributed by atoms with van der Waals surface area (Å²) in [7, 11) is 0. The van der Waals surface area contributed by atoms with Crippen molar-refractivity contribution in [3.63, 3.8) is 0 Å². The third-order valence-corrected chi connectivity index (χ3v) is 1.31. The molecule has 6 heteroatoms. The highest BCUT2D eigenvalue weighted by molar-refractivity contribution is 7.80. The predicted octanol–water partition coefficient (Wildman–Crippen LogP) is -0.571. The Balaban J connectivity index is 3.24. The lowest BCUT2D eigenvalue weighted by Crippen LogP contribution is -2.22. The van der Waals surface area contributed by atoms with E-state index in [4.69, 9.17) is 16.7 Å². The van der Waals surface area contributed by atoms with Crippen LogP contribution >= 0.6 is 12.2 Å². The van der Waals surface area contributed by atoms with Gasteiger partial charge in [-0.25, -0.2) is 0 Å². The highest BCUT2D eigenvalue weighted by Gasteiger charge is 2.06. The Morgan fingerprint density at radius 2 is 2.45 bits per heavy atom. The van der Waals surface area contributed by atoms with Crippen LogP contribution in [-0.2, 0) is 0 Å². The summed E-state index contributed by atoms with van der Waals surface area (Å²) in [6, 6.07) is 1.85. The second kappa shape index (κ2) is 2.56. The summed E-state index contributed by atoms with van der Waals surface area (Å²) in [6.07, 6.45) is 1.31. The number of thiocarbonyl (C=S) groups is 1. The van der Waals surface area contributed by atoms with Gasteiger partial charge in [-0.05, 0) is 12.2 Å². The zero-order valence-corrected chi connectivity index (χ0v) is 6.30. The predicted molar refractivity (Wildman–Crippen MR) is 43.5 cm³/mol. The fourth-order valence-corrected chi connectivity index (χ4v) is 0.765. The first-order chi connectivity index (χ1) is 5.16. The molecule has 0 aliphatic rings. The zero-order valence-electron chi connectivity index (χ0n) is 5.48. The monoisotopic (exact) mass is 167 g/mol. The molecule has 0 aliphatic heterocycles. The number of aromatic nitrogens is 2. The fraction of sp³-hybridized carbons (Fsp3) is 0. The lowest BCUT2D eigenvalue weighted by atomic mass is 10.4. The molecule has 56 valence electrons. The largest absolute Gasteiger partial charge is 0.382 e. The molecule has 0 saturated carbocycles. The average molecular weight is 167 g/mol. The summed E-state index contributed by atoms with van der Waals surface area (Å²) < 4.78 is 1.13. The van der Waals surface area contributed by atoms with Gasteiger partial charge in [-0.1, -0.05) is 0 Å². The molecule has 4 N–H and O–H groups in total. The SMILES string of the molecule is N#Cc1cnn(C(N)=S)c1N. The van der Waals surface area contributed by atoms with E-state index in [-0.39, 0.29) is 16.5 Å². The molecule has 5 nitrogen and oxygen atoms in total. The van der Waals surface area contributed by atoms with Crippen LogP contribution in [0.15, 0.2) is 6.20 Å². The normalized spacial score (nSPS) is 9.00. The van der Waals surface area contributed by atoms with Crippen molar-refractivity contribution in [2.75, 3.05) is 5.73 Å². The third kappa shape index (κ3) is 1.13. The summed E-state index contributed by atoms with van der Waals surface area (Å²) >= 11 is 4.60. The molecule has 1 heterocycles. The number of rotatable bonds is 0. The van der Waals surface area contributed by atoms with Crippen molar-refractivity contribution in [2.24, 2.45) is 5.73 Å². The van der Waals surface area contributed by atoms with Crippen molar-refractivity contribution >= 4 is 23.1 Å². The molecule has 0 saturated heterocycles. The van der Waals surface area contributed by atoms with Crippen LogP contribution in [0.2, 0.25) is 0 Å². The van der Waals surface area contributed by atoms with Gasteiger partial charge in [0, 0.05) is 0 Å². The molecule has 1 aromatic rings. The Morgan fingerprint density at radius 3 is 2.73 bits per heavy atom. The lowest BCUT2D eigenvalue weighted by molar-refractivity contribution is 0.950. The Labute approximate surface area is 68.2 Å². The molecule has 1 rings (SSSR count). The number of nitrogens with two attached hydrogens (primary N) is 2. The van der Waals surface area contributed by atoms with E-state index in [2.05, 4.69) is 17.3 Å². The first-order valence-corrected chi connectivity index (χ1v) is 3.11. The van der Waals surface area contributed by atoms with E-state index in [1.165, 1.54) is 6.20 Å². The number of nitrogen functional groups attached to an aromatic ring is 1. The highest BCUT2D eigenvalue weighted by atomic mass is 32.1. The minimum atomic E-state index is 0.0315. The number of nitrogens with zero attached hydrogens (tertiary/aromatic N) is 3. The first kappa shape index (κ1) is 7.50. The number of anilines is 1. The summed E-state index contributed by atoms with van der Waals surface area (Å²) in [5, 5.41) is 12.2. The van der Waals surface area contributed by atoms with Crippen LogP contribution < -0.4 is 11.5 Å². The molecule has 0 bridgehead atoms. The van der Waals surface area contributed by atoms with Crippen LogP contribution in [0.1, 0.15) is 5.56 Å².